The standard InChI is InChI=1S/C16H30N2/c1-2-8-16-14(6-1)7-5-13-18(16)12-4-3-11-17-15-9-10-15/h14-17H,1-13H2/t14-,16-/m1/s1. The first-order valence-corrected chi connectivity index (χ1v) is 8.41. The van der Waals surface area contributed by atoms with Crippen molar-refractivity contribution in [3.05, 3.63) is 0 Å². The van der Waals surface area contributed by atoms with Crippen LogP contribution in [0, 0.1) is 5.92 Å². The molecule has 1 aliphatic heterocycles. The van der Waals surface area contributed by atoms with Gasteiger partial charge in [0.25, 0.3) is 0 Å². The van der Waals surface area contributed by atoms with Crippen LogP contribution in [0.5, 0.6) is 0 Å². The summed E-state index contributed by atoms with van der Waals surface area (Å²) in [7, 11) is 0. The minimum atomic E-state index is 0.891. The van der Waals surface area contributed by atoms with E-state index in [1.54, 1.807) is 0 Å². The molecule has 3 fully saturated rings. The number of nitrogens with zero attached hydrogens (tertiary/aromatic N) is 1. The molecule has 18 heavy (non-hydrogen) atoms. The van der Waals surface area contributed by atoms with Crippen molar-refractivity contribution in [1.29, 1.82) is 0 Å². The van der Waals surface area contributed by atoms with Crippen molar-refractivity contribution >= 4 is 0 Å². The van der Waals surface area contributed by atoms with Gasteiger partial charge in [-0.25, -0.2) is 0 Å². The van der Waals surface area contributed by atoms with Crippen LogP contribution in [0.4, 0.5) is 0 Å². The monoisotopic (exact) mass is 250 g/mol. The van der Waals surface area contributed by atoms with Crippen molar-refractivity contribution in [2.75, 3.05) is 19.6 Å². The zero-order chi connectivity index (χ0) is 12.2. The smallest absolute Gasteiger partial charge is 0.0123 e. The summed E-state index contributed by atoms with van der Waals surface area (Å²) in [6.07, 6.45) is 14.6. The molecule has 2 aliphatic carbocycles. The third kappa shape index (κ3) is 3.48. The van der Waals surface area contributed by atoms with Crippen LogP contribution in [0.15, 0.2) is 0 Å². The van der Waals surface area contributed by atoms with Crippen LogP contribution in [0.25, 0.3) is 0 Å². The number of nitrogens with one attached hydrogen (secondary N) is 1. The summed E-state index contributed by atoms with van der Waals surface area (Å²) in [5.41, 5.74) is 0. The molecular weight excluding hydrogens is 220 g/mol. The number of fused-ring (bicyclic) bond motifs is 1. The molecule has 3 aliphatic rings. The topological polar surface area (TPSA) is 15.3 Å². The molecule has 0 bridgehead atoms. The highest BCUT2D eigenvalue weighted by Gasteiger charge is 2.32. The second-order valence-electron chi connectivity index (χ2n) is 6.73. The van der Waals surface area contributed by atoms with Crippen molar-refractivity contribution < 1.29 is 0 Å². The van der Waals surface area contributed by atoms with Crippen molar-refractivity contribution in [2.24, 2.45) is 5.92 Å². The first-order chi connectivity index (χ1) is 8.93. The highest BCUT2D eigenvalue weighted by Crippen LogP contribution is 2.35. The van der Waals surface area contributed by atoms with Gasteiger partial charge in [-0.05, 0) is 76.9 Å². The van der Waals surface area contributed by atoms with E-state index in [1.807, 2.05) is 0 Å². The van der Waals surface area contributed by atoms with Crippen LogP contribution < -0.4 is 5.32 Å². The zero-order valence-corrected chi connectivity index (χ0v) is 11.9. The van der Waals surface area contributed by atoms with Gasteiger partial charge in [-0.1, -0.05) is 12.8 Å². The average Bonchev–Trinajstić information content (AvgIpc) is 3.23. The maximum atomic E-state index is 3.63. The molecule has 3 rings (SSSR count). The Hall–Kier alpha value is -0.0800. The molecule has 0 amide bonds. The molecule has 0 unspecified atom stereocenters. The highest BCUT2D eigenvalue weighted by molar-refractivity contribution is 4.87. The van der Waals surface area contributed by atoms with Gasteiger partial charge in [0.15, 0.2) is 0 Å². The van der Waals surface area contributed by atoms with Gasteiger partial charge in [-0.3, -0.25) is 0 Å². The Labute approximate surface area is 113 Å². The molecule has 0 spiro atoms. The molecule has 1 saturated heterocycles. The van der Waals surface area contributed by atoms with Gasteiger partial charge in [0.05, 0.1) is 0 Å². The summed E-state index contributed by atoms with van der Waals surface area (Å²) in [5.74, 6) is 1.05. The van der Waals surface area contributed by atoms with E-state index in [0.29, 0.717) is 0 Å². The van der Waals surface area contributed by atoms with E-state index in [0.717, 1.165) is 18.0 Å². The summed E-state index contributed by atoms with van der Waals surface area (Å²) >= 11 is 0. The Kier molecular flexibility index (Phi) is 4.58. The maximum Gasteiger partial charge on any atom is 0.0123 e. The molecule has 104 valence electrons. The summed E-state index contributed by atoms with van der Waals surface area (Å²) in [6, 6.07) is 1.85. The molecule has 0 aromatic carbocycles. The summed E-state index contributed by atoms with van der Waals surface area (Å²) in [5, 5.41) is 3.63. The number of hydrogen-bond donors (Lipinski definition) is 1. The molecule has 2 saturated carbocycles. The largest absolute Gasteiger partial charge is 0.314 e. The van der Waals surface area contributed by atoms with Gasteiger partial charge in [-0.15, -0.1) is 0 Å². The fourth-order valence-corrected chi connectivity index (χ4v) is 4.04. The van der Waals surface area contributed by atoms with E-state index < -0.39 is 0 Å². The predicted molar refractivity (Wildman–Crippen MR) is 76.8 cm³/mol. The van der Waals surface area contributed by atoms with Crippen molar-refractivity contribution in [3.63, 3.8) is 0 Å². The number of rotatable bonds is 6. The van der Waals surface area contributed by atoms with Gasteiger partial charge in [0.1, 0.15) is 0 Å². The SMILES string of the molecule is C(CCN1CCC[C@H]2CCCC[C@H]21)CNC1CC1. The highest BCUT2D eigenvalue weighted by atomic mass is 15.2. The maximum absolute atomic E-state index is 3.63. The summed E-state index contributed by atoms with van der Waals surface area (Å²) < 4.78 is 0. The molecule has 0 radical (unpaired) electrons. The Morgan fingerprint density at radius 1 is 0.889 bits per heavy atom. The van der Waals surface area contributed by atoms with Gasteiger partial charge in [0.2, 0.25) is 0 Å². The minimum absolute atomic E-state index is 0.891. The van der Waals surface area contributed by atoms with E-state index >= 15 is 0 Å². The quantitative estimate of drug-likeness (QED) is 0.728. The fraction of sp³-hybridized carbons (Fsp3) is 1.00. The van der Waals surface area contributed by atoms with Crippen LogP contribution in [0.3, 0.4) is 0 Å². The number of likely N-dealkylation sites (tertiary alicyclic amines) is 1. The lowest BCUT2D eigenvalue weighted by Gasteiger charge is -2.44. The molecule has 2 nitrogen and oxygen atoms in total. The number of unbranched alkanes of at least 4 members (excludes halogenated alkanes) is 1. The van der Waals surface area contributed by atoms with Gasteiger partial charge in [-0.2, -0.15) is 0 Å². The first-order valence-electron chi connectivity index (χ1n) is 8.41. The first kappa shape index (κ1) is 12.9. The van der Waals surface area contributed by atoms with E-state index in [1.165, 1.54) is 83.8 Å². The van der Waals surface area contributed by atoms with Crippen molar-refractivity contribution in [3.8, 4) is 0 Å². The second kappa shape index (κ2) is 6.38. The molecule has 0 aromatic rings. The summed E-state index contributed by atoms with van der Waals surface area (Å²) in [6.45, 7) is 4.01. The number of piperidine rings is 1. The van der Waals surface area contributed by atoms with Crippen LogP contribution in [-0.4, -0.2) is 36.6 Å². The molecular formula is C16H30N2. The molecule has 1 heterocycles. The van der Waals surface area contributed by atoms with Gasteiger partial charge < -0.3 is 10.2 Å². The lowest BCUT2D eigenvalue weighted by molar-refractivity contribution is 0.0597. The van der Waals surface area contributed by atoms with Crippen LogP contribution in [0.1, 0.15) is 64.2 Å². The Balaban J connectivity index is 1.34. The predicted octanol–water partition coefficient (Wildman–Crippen LogP) is 3.17. The third-order valence-electron chi connectivity index (χ3n) is 5.24. The minimum Gasteiger partial charge on any atom is -0.314 e. The lowest BCUT2D eigenvalue weighted by atomic mass is 9.78. The number of hydrogen-bond acceptors (Lipinski definition) is 2. The summed E-state index contributed by atoms with van der Waals surface area (Å²) in [4.78, 5) is 2.84. The second-order valence-corrected chi connectivity index (χ2v) is 6.73. The fourth-order valence-electron chi connectivity index (χ4n) is 4.04. The van der Waals surface area contributed by atoms with Crippen LogP contribution >= 0.6 is 0 Å². The normalized spacial score (nSPS) is 33.3. The van der Waals surface area contributed by atoms with Gasteiger partial charge >= 0.3 is 0 Å². The molecule has 0 aromatic heterocycles. The Bertz CT molecular complexity index is 247. The molecule has 2 heteroatoms. The van der Waals surface area contributed by atoms with Gasteiger partial charge in [0, 0.05) is 12.1 Å². The molecule has 2 atom stereocenters. The van der Waals surface area contributed by atoms with E-state index in [4.69, 9.17) is 0 Å². The van der Waals surface area contributed by atoms with Crippen LogP contribution in [-0.2, 0) is 0 Å². The lowest BCUT2D eigenvalue weighted by Crippen LogP contribution is -2.47. The Morgan fingerprint density at radius 3 is 2.61 bits per heavy atom. The zero-order valence-electron chi connectivity index (χ0n) is 11.9. The van der Waals surface area contributed by atoms with Crippen LogP contribution in [0.2, 0.25) is 0 Å². The van der Waals surface area contributed by atoms with E-state index in [-0.39, 0.29) is 0 Å². The van der Waals surface area contributed by atoms with Crippen molar-refractivity contribution in [1.82, 2.24) is 10.2 Å². The molecule has 1 N–H and O–H groups in total. The average molecular weight is 250 g/mol. The van der Waals surface area contributed by atoms with E-state index in [2.05, 4.69) is 10.2 Å². The third-order valence-corrected chi connectivity index (χ3v) is 5.24. The van der Waals surface area contributed by atoms with Crippen molar-refractivity contribution in [2.45, 2.75) is 76.3 Å². The Morgan fingerprint density at radius 2 is 1.72 bits per heavy atom. The van der Waals surface area contributed by atoms with E-state index in [9.17, 15) is 0 Å².